The van der Waals surface area contributed by atoms with Crippen LogP contribution in [0.4, 0.5) is 0 Å². The number of benzene rings is 2. The van der Waals surface area contributed by atoms with Crippen LogP contribution in [0, 0.1) is 6.92 Å². The van der Waals surface area contributed by atoms with Crippen LogP contribution in [0.5, 0.6) is 0 Å². The first kappa shape index (κ1) is 13.6. The summed E-state index contributed by atoms with van der Waals surface area (Å²) in [5, 5.41) is 0.944. The van der Waals surface area contributed by atoms with Crippen molar-refractivity contribution in [1.29, 1.82) is 0 Å². The van der Waals surface area contributed by atoms with Crippen LogP contribution in [-0.4, -0.2) is 5.78 Å². The Balaban J connectivity index is 2.10. The van der Waals surface area contributed by atoms with Gasteiger partial charge in [0.2, 0.25) is 5.78 Å². The second-order valence-corrected chi connectivity index (χ2v) is 6.38. The fraction of sp³-hybridized carbons (Fsp3) is 0.0625. The van der Waals surface area contributed by atoms with Crippen LogP contribution in [0.25, 0.3) is 11.0 Å². The SMILES string of the molecule is Cc1ccc2oc(C(=O)c3cc(Br)ccc3Br)cc2c1. The molecule has 2 nitrogen and oxygen atoms in total. The Morgan fingerprint density at radius 1 is 1.05 bits per heavy atom. The molecule has 0 amide bonds. The Morgan fingerprint density at radius 2 is 1.85 bits per heavy atom. The highest BCUT2D eigenvalue weighted by molar-refractivity contribution is 9.11. The van der Waals surface area contributed by atoms with Crippen molar-refractivity contribution < 1.29 is 9.21 Å². The van der Waals surface area contributed by atoms with Gasteiger partial charge >= 0.3 is 0 Å². The lowest BCUT2D eigenvalue weighted by molar-refractivity contribution is 0.101. The molecule has 0 N–H and O–H groups in total. The number of carbonyl (C=O) groups excluding carboxylic acids is 1. The molecule has 0 saturated carbocycles. The molecule has 0 unspecified atom stereocenters. The van der Waals surface area contributed by atoms with Crippen molar-refractivity contribution in [2.75, 3.05) is 0 Å². The molecule has 0 atom stereocenters. The minimum Gasteiger partial charge on any atom is -0.453 e. The van der Waals surface area contributed by atoms with Gasteiger partial charge in [-0.1, -0.05) is 43.5 Å². The summed E-state index contributed by atoms with van der Waals surface area (Å²) in [7, 11) is 0. The number of furan rings is 1. The molecule has 100 valence electrons. The molecule has 0 aliphatic heterocycles. The number of hydrogen-bond acceptors (Lipinski definition) is 2. The first-order valence-corrected chi connectivity index (χ1v) is 7.63. The number of aryl methyl sites for hydroxylation is 1. The zero-order valence-electron chi connectivity index (χ0n) is 10.6. The van der Waals surface area contributed by atoms with Crippen LogP contribution in [0.2, 0.25) is 0 Å². The van der Waals surface area contributed by atoms with Crippen molar-refractivity contribution >= 4 is 48.6 Å². The fourth-order valence-corrected chi connectivity index (χ4v) is 2.87. The molecule has 0 radical (unpaired) electrons. The summed E-state index contributed by atoms with van der Waals surface area (Å²) >= 11 is 6.78. The number of halogens is 2. The molecule has 0 aliphatic rings. The van der Waals surface area contributed by atoms with Gasteiger partial charge in [-0.25, -0.2) is 0 Å². The molecule has 2 aromatic carbocycles. The summed E-state index contributed by atoms with van der Waals surface area (Å²) in [6, 6.07) is 13.1. The molecule has 0 saturated heterocycles. The third-order valence-electron chi connectivity index (χ3n) is 3.07. The summed E-state index contributed by atoms with van der Waals surface area (Å²) in [6.45, 7) is 2.01. The van der Waals surface area contributed by atoms with Gasteiger partial charge in [0.1, 0.15) is 5.58 Å². The van der Waals surface area contributed by atoms with Gasteiger partial charge in [0, 0.05) is 19.9 Å². The first-order valence-electron chi connectivity index (χ1n) is 6.04. The standard InChI is InChI=1S/C16H10Br2O2/c1-9-2-5-14-10(6-9)7-15(20-14)16(19)12-8-11(17)3-4-13(12)18/h2-8H,1H3. The van der Waals surface area contributed by atoms with Gasteiger partial charge in [0.15, 0.2) is 5.76 Å². The van der Waals surface area contributed by atoms with E-state index in [1.165, 1.54) is 0 Å². The lowest BCUT2D eigenvalue weighted by Crippen LogP contribution is -2.00. The average molecular weight is 394 g/mol. The van der Waals surface area contributed by atoms with Crippen LogP contribution in [0.1, 0.15) is 21.7 Å². The van der Waals surface area contributed by atoms with E-state index < -0.39 is 0 Å². The largest absolute Gasteiger partial charge is 0.453 e. The van der Waals surface area contributed by atoms with E-state index >= 15 is 0 Å². The number of carbonyl (C=O) groups is 1. The Morgan fingerprint density at radius 3 is 2.65 bits per heavy atom. The van der Waals surface area contributed by atoms with Crippen molar-refractivity contribution in [3.05, 3.63) is 68.3 Å². The van der Waals surface area contributed by atoms with Crippen LogP contribution < -0.4 is 0 Å². The highest BCUT2D eigenvalue weighted by atomic mass is 79.9. The van der Waals surface area contributed by atoms with E-state index in [1.807, 2.05) is 37.3 Å². The van der Waals surface area contributed by atoms with Crippen LogP contribution in [0.3, 0.4) is 0 Å². The van der Waals surface area contributed by atoms with Gasteiger partial charge < -0.3 is 4.42 Å². The van der Waals surface area contributed by atoms with E-state index in [0.717, 1.165) is 25.5 Å². The average Bonchev–Trinajstić information content (AvgIpc) is 2.83. The highest BCUT2D eigenvalue weighted by Crippen LogP contribution is 2.27. The Kier molecular flexibility index (Phi) is 3.52. The quantitative estimate of drug-likeness (QED) is 0.538. The normalized spacial score (nSPS) is 10.9. The Hall–Kier alpha value is -1.39. The van der Waals surface area contributed by atoms with Crippen molar-refractivity contribution in [3.63, 3.8) is 0 Å². The molecule has 0 fully saturated rings. The predicted molar refractivity (Wildman–Crippen MR) is 86.2 cm³/mol. The maximum atomic E-state index is 12.5. The molecular weight excluding hydrogens is 384 g/mol. The molecule has 3 aromatic rings. The number of rotatable bonds is 2. The van der Waals surface area contributed by atoms with Gasteiger partial charge in [-0.2, -0.15) is 0 Å². The fourth-order valence-electron chi connectivity index (χ4n) is 2.08. The lowest BCUT2D eigenvalue weighted by Gasteiger charge is -2.01. The third-order valence-corrected chi connectivity index (χ3v) is 4.25. The van der Waals surface area contributed by atoms with E-state index in [0.29, 0.717) is 11.3 Å². The van der Waals surface area contributed by atoms with Crippen LogP contribution in [-0.2, 0) is 0 Å². The van der Waals surface area contributed by atoms with Crippen molar-refractivity contribution in [2.45, 2.75) is 6.92 Å². The minimum atomic E-state index is -0.132. The molecule has 1 heterocycles. The summed E-state index contributed by atoms with van der Waals surface area (Å²) in [5.41, 5.74) is 2.45. The molecule has 0 bridgehead atoms. The minimum absolute atomic E-state index is 0.132. The molecule has 0 spiro atoms. The van der Waals surface area contributed by atoms with Crippen molar-refractivity contribution in [1.82, 2.24) is 0 Å². The van der Waals surface area contributed by atoms with E-state index in [9.17, 15) is 4.79 Å². The molecule has 20 heavy (non-hydrogen) atoms. The molecule has 3 rings (SSSR count). The third kappa shape index (κ3) is 2.45. The van der Waals surface area contributed by atoms with Gasteiger partial charge in [-0.05, 0) is 43.3 Å². The number of fused-ring (bicyclic) bond motifs is 1. The van der Waals surface area contributed by atoms with Crippen LogP contribution in [0.15, 0.2) is 55.8 Å². The zero-order valence-corrected chi connectivity index (χ0v) is 13.8. The van der Waals surface area contributed by atoms with E-state index in [1.54, 1.807) is 12.1 Å². The predicted octanol–water partition coefficient (Wildman–Crippen LogP) is 5.50. The van der Waals surface area contributed by atoms with E-state index in [4.69, 9.17) is 4.42 Å². The Bertz CT molecular complexity index is 818. The Labute approximate surface area is 133 Å². The summed E-state index contributed by atoms with van der Waals surface area (Å²) in [4.78, 5) is 12.5. The molecular formula is C16H10Br2O2. The van der Waals surface area contributed by atoms with E-state index in [2.05, 4.69) is 31.9 Å². The van der Waals surface area contributed by atoms with Gasteiger partial charge in [-0.15, -0.1) is 0 Å². The highest BCUT2D eigenvalue weighted by Gasteiger charge is 2.17. The second kappa shape index (κ2) is 5.19. The van der Waals surface area contributed by atoms with Crippen molar-refractivity contribution in [2.24, 2.45) is 0 Å². The first-order chi connectivity index (χ1) is 9.54. The maximum absolute atomic E-state index is 12.5. The maximum Gasteiger partial charge on any atom is 0.229 e. The van der Waals surface area contributed by atoms with Crippen LogP contribution >= 0.6 is 31.9 Å². The lowest BCUT2D eigenvalue weighted by atomic mass is 10.1. The monoisotopic (exact) mass is 392 g/mol. The van der Waals surface area contributed by atoms with E-state index in [-0.39, 0.29) is 5.78 Å². The molecule has 4 heteroatoms. The van der Waals surface area contributed by atoms with Crippen molar-refractivity contribution in [3.8, 4) is 0 Å². The molecule has 0 aliphatic carbocycles. The summed E-state index contributed by atoms with van der Waals surface area (Å²) < 4.78 is 7.26. The zero-order chi connectivity index (χ0) is 14.3. The summed E-state index contributed by atoms with van der Waals surface area (Å²) in [5.74, 6) is 0.219. The van der Waals surface area contributed by atoms with Gasteiger partial charge in [-0.3, -0.25) is 4.79 Å². The smallest absolute Gasteiger partial charge is 0.229 e. The molecule has 1 aromatic heterocycles. The number of hydrogen-bond donors (Lipinski definition) is 0. The second-order valence-electron chi connectivity index (χ2n) is 4.61. The van der Waals surface area contributed by atoms with Gasteiger partial charge in [0.05, 0.1) is 0 Å². The topological polar surface area (TPSA) is 30.2 Å². The van der Waals surface area contributed by atoms with Gasteiger partial charge in [0.25, 0.3) is 0 Å². The summed E-state index contributed by atoms with van der Waals surface area (Å²) in [6.07, 6.45) is 0. The number of ketones is 1.